The first-order chi connectivity index (χ1) is 13.7. The molecule has 3 rings (SSSR count). The number of rotatable bonds is 8. The van der Waals surface area contributed by atoms with Crippen molar-refractivity contribution in [3.63, 3.8) is 0 Å². The van der Waals surface area contributed by atoms with Crippen LogP contribution in [0.5, 0.6) is 0 Å². The van der Waals surface area contributed by atoms with Crippen molar-refractivity contribution in [3.05, 3.63) is 65.7 Å². The number of nitrogens with one attached hydrogen (secondary N) is 2. The van der Waals surface area contributed by atoms with Gasteiger partial charge in [-0.25, -0.2) is 0 Å². The van der Waals surface area contributed by atoms with E-state index >= 15 is 0 Å². The lowest BCUT2D eigenvalue weighted by Gasteiger charge is -2.34. The summed E-state index contributed by atoms with van der Waals surface area (Å²) in [5.41, 5.74) is 3.03. The molecule has 1 amide bonds. The summed E-state index contributed by atoms with van der Waals surface area (Å²) in [6.07, 6.45) is 4.86. The molecule has 4 nitrogen and oxygen atoms in total. The van der Waals surface area contributed by atoms with E-state index < -0.39 is 0 Å². The third kappa shape index (κ3) is 5.59. The van der Waals surface area contributed by atoms with E-state index in [1.807, 2.05) is 49.4 Å². The van der Waals surface area contributed by atoms with Crippen molar-refractivity contribution in [1.29, 1.82) is 0 Å². The molecule has 0 bridgehead atoms. The molecule has 1 fully saturated rings. The van der Waals surface area contributed by atoms with E-state index in [-0.39, 0.29) is 11.9 Å². The molecule has 0 spiro atoms. The Morgan fingerprint density at radius 2 is 1.75 bits per heavy atom. The van der Waals surface area contributed by atoms with Gasteiger partial charge >= 0.3 is 0 Å². The van der Waals surface area contributed by atoms with E-state index in [2.05, 4.69) is 34.6 Å². The number of amides is 1. The summed E-state index contributed by atoms with van der Waals surface area (Å²) in [5.74, 6) is -0.0262. The van der Waals surface area contributed by atoms with Crippen LogP contribution < -0.4 is 15.5 Å². The van der Waals surface area contributed by atoms with Crippen LogP contribution in [0.2, 0.25) is 0 Å². The summed E-state index contributed by atoms with van der Waals surface area (Å²) < 4.78 is 0. The van der Waals surface area contributed by atoms with Gasteiger partial charge in [-0.15, -0.1) is 0 Å². The monoisotopic (exact) mass is 379 g/mol. The van der Waals surface area contributed by atoms with Gasteiger partial charge in [-0.3, -0.25) is 4.79 Å². The van der Waals surface area contributed by atoms with Crippen LogP contribution >= 0.6 is 0 Å². The fourth-order valence-corrected chi connectivity index (χ4v) is 3.75. The predicted octanol–water partition coefficient (Wildman–Crippen LogP) is 4.54. The van der Waals surface area contributed by atoms with Crippen LogP contribution in [-0.4, -0.2) is 31.6 Å². The fourth-order valence-electron chi connectivity index (χ4n) is 3.75. The molecule has 2 aromatic carbocycles. The fraction of sp³-hybridized carbons (Fsp3) is 0.458. The number of piperidine rings is 1. The second-order valence-electron chi connectivity index (χ2n) is 7.72. The Morgan fingerprint density at radius 1 is 1.07 bits per heavy atom. The molecule has 0 aliphatic carbocycles. The highest BCUT2D eigenvalue weighted by Crippen LogP contribution is 2.21. The zero-order chi connectivity index (χ0) is 19.8. The first-order valence-electron chi connectivity index (χ1n) is 10.6. The summed E-state index contributed by atoms with van der Waals surface area (Å²) in [4.78, 5) is 15.0. The van der Waals surface area contributed by atoms with Crippen LogP contribution in [0.15, 0.2) is 54.6 Å². The standard InChI is InChI=1S/C24H33N3O/c1-3-4-16-25-22-14-17-27(18-15-22)23-12-10-21(11-13-23)24(28)26-19(2)20-8-6-5-7-9-20/h5-13,19,22,25H,3-4,14-18H2,1-2H3,(H,26,28)/t19-/m1/s1. The average Bonchev–Trinajstić information content (AvgIpc) is 2.75. The maximum Gasteiger partial charge on any atom is 0.251 e. The molecule has 1 atom stereocenters. The Hall–Kier alpha value is -2.33. The van der Waals surface area contributed by atoms with Gasteiger partial charge in [0.25, 0.3) is 5.91 Å². The van der Waals surface area contributed by atoms with E-state index in [9.17, 15) is 4.79 Å². The Labute approximate surface area is 169 Å². The zero-order valence-electron chi connectivity index (χ0n) is 17.2. The van der Waals surface area contributed by atoms with Crippen LogP contribution in [0.3, 0.4) is 0 Å². The lowest BCUT2D eigenvalue weighted by Crippen LogP contribution is -2.42. The Kier molecular flexibility index (Phi) is 7.49. The van der Waals surface area contributed by atoms with E-state index in [4.69, 9.17) is 0 Å². The summed E-state index contributed by atoms with van der Waals surface area (Å²) in [6, 6.07) is 18.7. The highest BCUT2D eigenvalue weighted by atomic mass is 16.1. The van der Waals surface area contributed by atoms with Crippen LogP contribution in [0.1, 0.15) is 61.5 Å². The molecule has 28 heavy (non-hydrogen) atoms. The van der Waals surface area contributed by atoms with Crippen molar-refractivity contribution in [2.24, 2.45) is 0 Å². The van der Waals surface area contributed by atoms with E-state index in [0.717, 1.165) is 25.2 Å². The topological polar surface area (TPSA) is 44.4 Å². The molecule has 1 heterocycles. The molecular formula is C24H33N3O. The van der Waals surface area contributed by atoms with Crippen molar-refractivity contribution in [2.45, 2.75) is 51.6 Å². The Bertz CT molecular complexity index is 721. The normalized spacial score (nSPS) is 16.0. The first kappa shape index (κ1) is 20.4. The van der Waals surface area contributed by atoms with Gasteiger partial charge in [0.1, 0.15) is 0 Å². The molecule has 2 N–H and O–H groups in total. The smallest absolute Gasteiger partial charge is 0.251 e. The van der Waals surface area contributed by atoms with E-state index in [1.54, 1.807) is 0 Å². The second-order valence-corrected chi connectivity index (χ2v) is 7.72. The number of carbonyl (C=O) groups is 1. The van der Waals surface area contributed by atoms with Crippen LogP contribution in [0.4, 0.5) is 5.69 Å². The summed E-state index contributed by atoms with van der Waals surface area (Å²) in [5, 5.41) is 6.75. The summed E-state index contributed by atoms with van der Waals surface area (Å²) >= 11 is 0. The maximum absolute atomic E-state index is 12.6. The largest absolute Gasteiger partial charge is 0.371 e. The predicted molar refractivity (Wildman–Crippen MR) is 117 cm³/mol. The molecule has 150 valence electrons. The number of carbonyl (C=O) groups excluding carboxylic acids is 1. The molecular weight excluding hydrogens is 346 g/mol. The number of unbranched alkanes of at least 4 members (excludes halogenated alkanes) is 1. The Balaban J connectivity index is 1.50. The van der Waals surface area contributed by atoms with Crippen molar-refractivity contribution >= 4 is 11.6 Å². The molecule has 0 radical (unpaired) electrons. The molecule has 0 saturated carbocycles. The summed E-state index contributed by atoms with van der Waals surface area (Å²) in [6.45, 7) is 7.52. The van der Waals surface area contributed by atoms with E-state index in [0.29, 0.717) is 11.6 Å². The van der Waals surface area contributed by atoms with Crippen molar-refractivity contribution in [3.8, 4) is 0 Å². The lowest BCUT2D eigenvalue weighted by atomic mass is 10.0. The van der Waals surface area contributed by atoms with Crippen LogP contribution in [-0.2, 0) is 0 Å². The van der Waals surface area contributed by atoms with Gasteiger partial charge in [0.15, 0.2) is 0 Å². The van der Waals surface area contributed by atoms with Crippen LogP contribution in [0, 0.1) is 0 Å². The number of hydrogen-bond acceptors (Lipinski definition) is 3. The number of hydrogen-bond donors (Lipinski definition) is 2. The molecule has 0 aromatic heterocycles. The maximum atomic E-state index is 12.6. The van der Waals surface area contributed by atoms with Crippen molar-refractivity contribution in [2.75, 3.05) is 24.5 Å². The SMILES string of the molecule is CCCCNC1CCN(c2ccc(C(=O)N[C@H](C)c3ccccc3)cc2)CC1. The van der Waals surface area contributed by atoms with Crippen LogP contribution in [0.25, 0.3) is 0 Å². The molecule has 0 unspecified atom stereocenters. The highest BCUT2D eigenvalue weighted by Gasteiger charge is 2.19. The van der Waals surface area contributed by atoms with Gasteiger partial charge in [-0.1, -0.05) is 43.7 Å². The van der Waals surface area contributed by atoms with Gasteiger partial charge in [-0.2, -0.15) is 0 Å². The van der Waals surface area contributed by atoms with Gasteiger partial charge in [0, 0.05) is 30.4 Å². The van der Waals surface area contributed by atoms with Crippen molar-refractivity contribution in [1.82, 2.24) is 10.6 Å². The molecule has 1 saturated heterocycles. The molecule has 1 aliphatic heterocycles. The molecule has 2 aromatic rings. The quantitative estimate of drug-likeness (QED) is 0.662. The third-order valence-electron chi connectivity index (χ3n) is 5.60. The average molecular weight is 380 g/mol. The lowest BCUT2D eigenvalue weighted by molar-refractivity contribution is 0.0940. The summed E-state index contributed by atoms with van der Waals surface area (Å²) in [7, 11) is 0. The number of benzene rings is 2. The highest BCUT2D eigenvalue weighted by molar-refractivity contribution is 5.94. The minimum atomic E-state index is -0.0262. The van der Waals surface area contributed by atoms with Gasteiger partial charge in [0.05, 0.1) is 6.04 Å². The minimum absolute atomic E-state index is 0.00684. The van der Waals surface area contributed by atoms with Gasteiger partial charge in [0.2, 0.25) is 0 Å². The zero-order valence-corrected chi connectivity index (χ0v) is 17.2. The molecule has 1 aliphatic rings. The number of nitrogens with zero attached hydrogens (tertiary/aromatic N) is 1. The second kappa shape index (κ2) is 10.3. The van der Waals surface area contributed by atoms with E-state index in [1.165, 1.54) is 31.4 Å². The number of anilines is 1. The van der Waals surface area contributed by atoms with Crippen molar-refractivity contribution < 1.29 is 4.79 Å². The van der Waals surface area contributed by atoms with Gasteiger partial charge < -0.3 is 15.5 Å². The minimum Gasteiger partial charge on any atom is -0.371 e. The molecule has 4 heteroatoms. The Morgan fingerprint density at radius 3 is 2.39 bits per heavy atom. The first-order valence-corrected chi connectivity index (χ1v) is 10.6. The van der Waals surface area contributed by atoms with Gasteiger partial charge in [-0.05, 0) is 62.6 Å². The third-order valence-corrected chi connectivity index (χ3v) is 5.60.